The minimum atomic E-state index is -0.691. The Balaban J connectivity index is 2.14. The Morgan fingerprint density at radius 3 is 1.07 bits per heavy atom. The fourth-order valence-corrected chi connectivity index (χ4v) is 8.13. The van der Waals surface area contributed by atoms with Crippen LogP contribution in [-0.2, 0) is 9.59 Å². The van der Waals surface area contributed by atoms with Crippen molar-refractivity contribution in [2.24, 2.45) is 17.3 Å². The Bertz CT molecular complexity index is 591. The normalized spacial score (nSPS) is 20.9. The average Bonchev–Trinajstić information content (AvgIpc) is 2.91. The highest BCUT2D eigenvalue weighted by Gasteiger charge is 2.49. The Morgan fingerprint density at radius 1 is 0.450 bits per heavy atom. The Labute approximate surface area is 247 Å². The Morgan fingerprint density at radius 2 is 0.750 bits per heavy atom. The van der Waals surface area contributed by atoms with Crippen molar-refractivity contribution in [2.45, 2.75) is 199 Å². The van der Waals surface area contributed by atoms with Gasteiger partial charge in [0.25, 0.3) is 0 Å². The van der Waals surface area contributed by atoms with E-state index in [2.05, 4.69) is 0 Å². The topological polar surface area (TPSA) is 74.6 Å². The van der Waals surface area contributed by atoms with Gasteiger partial charge < -0.3 is 10.2 Å². The highest BCUT2D eigenvalue weighted by atomic mass is 16.4. The number of hydrogen-bond acceptors (Lipinski definition) is 2. The zero-order valence-electron chi connectivity index (χ0n) is 26.3. The minimum Gasteiger partial charge on any atom is -0.481 e. The summed E-state index contributed by atoms with van der Waals surface area (Å²) in [7, 11) is 0. The molecule has 0 radical (unpaired) electrons. The second kappa shape index (κ2) is 22.5. The van der Waals surface area contributed by atoms with Gasteiger partial charge in [0.15, 0.2) is 0 Å². The van der Waals surface area contributed by atoms with Crippen molar-refractivity contribution in [1.82, 2.24) is 0 Å². The first-order valence-electron chi connectivity index (χ1n) is 18.0. The van der Waals surface area contributed by atoms with Gasteiger partial charge in [-0.2, -0.15) is 0 Å². The molecule has 2 N–H and O–H groups in total. The zero-order valence-corrected chi connectivity index (χ0v) is 26.3. The molecule has 0 aromatic rings. The summed E-state index contributed by atoms with van der Waals surface area (Å²) in [6.45, 7) is 0. The molecular formula is C36H66O4. The molecule has 234 valence electrons. The van der Waals surface area contributed by atoms with Gasteiger partial charge in [0, 0.05) is 6.42 Å². The number of aliphatic carboxylic acids is 2. The summed E-state index contributed by atoms with van der Waals surface area (Å²) in [5.41, 5.74) is -0.546. The molecule has 2 saturated carbocycles. The maximum atomic E-state index is 13.6. The molecular weight excluding hydrogens is 496 g/mol. The van der Waals surface area contributed by atoms with Crippen molar-refractivity contribution in [3.8, 4) is 0 Å². The molecule has 2 fully saturated rings. The van der Waals surface area contributed by atoms with E-state index >= 15 is 0 Å². The molecule has 2 aliphatic rings. The van der Waals surface area contributed by atoms with Crippen LogP contribution in [0.4, 0.5) is 0 Å². The fraction of sp³-hybridized carbons (Fsp3) is 0.944. The molecule has 4 nitrogen and oxygen atoms in total. The van der Waals surface area contributed by atoms with Crippen LogP contribution in [0.15, 0.2) is 0 Å². The summed E-state index contributed by atoms with van der Waals surface area (Å²) < 4.78 is 0. The molecule has 0 unspecified atom stereocenters. The Hall–Kier alpha value is -1.06. The van der Waals surface area contributed by atoms with Crippen molar-refractivity contribution >= 4 is 11.9 Å². The van der Waals surface area contributed by atoms with E-state index in [1.807, 2.05) is 0 Å². The Kier molecular flexibility index (Phi) is 19.8. The first-order valence-corrected chi connectivity index (χ1v) is 18.0. The van der Waals surface area contributed by atoms with E-state index in [4.69, 9.17) is 5.11 Å². The van der Waals surface area contributed by atoms with Crippen molar-refractivity contribution < 1.29 is 19.8 Å². The highest BCUT2D eigenvalue weighted by Crippen LogP contribution is 2.50. The smallest absolute Gasteiger partial charge is 0.310 e. The average molecular weight is 563 g/mol. The minimum absolute atomic E-state index is 0.282. The van der Waals surface area contributed by atoms with Gasteiger partial charge in [-0.05, 0) is 50.4 Å². The first-order chi connectivity index (χ1) is 19.6. The zero-order chi connectivity index (χ0) is 28.7. The molecule has 40 heavy (non-hydrogen) atoms. The van der Waals surface area contributed by atoms with Crippen molar-refractivity contribution in [3.05, 3.63) is 0 Å². The van der Waals surface area contributed by atoms with Gasteiger partial charge in [-0.15, -0.1) is 0 Å². The lowest BCUT2D eigenvalue weighted by Crippen LogP contribution is -2.45. The summed E-state index contributed by atoms with van der Waals surface area (Å²) in [5, 5.41) is 20.1. The van der Waals surface area contributed by atoms with Crippen LogP contribution >= 0.6 is 0 Å². The van der Waals surface area contributed by atoms with Gasteiger partial charge in [-0.25, -0.2) is 0 Å². The second-order valence-corrected chi connectivity index (χ2v) is 13.6. The number of carboxylic acids is 2. The van der Waals surface area contributed by atoms with Crippen LogP contribution in [0.2, 0.25) is 0 Å². The SMILES string of the molecule is O=C(O)CCCCCCCCCC(C(=O)O)(C1CCCCCCCCCCC1)C1CCCCCCCCCCC1. The van der Waals surface area contributed by atoms with E-state index in [1.54, 1.807) is 0 Å². The first kappa shape index (κ1) is 35.1. The summed E-state index contributed by atoms with van der Waals surface area (Å²) in [4.78, 5) is 24.4. The maximum Gasteiger partial charge on any atom is 0.310 e. The van der Waals surface area contributed by atoms with Gasteiger partial charge >= 0.3 is 11.9 Å². The largest absolute Gasteiger partial charge is 0.481 e. The number of carboxylic acid groups (broad SMARTS) is 2. The van der Waals surface area contributed by atoms with Crippen LogP contribution in [0, 0.1) is 17.3 Å². The molecule has 0 bridgehead atoms. The molecule has 0 spiro atoms. The lowest BCUT2D eigenvalue weighted by atomic mass is 9.58. The molecule has 4 heteroatoms. The van der Waals surface area contributed by atoms with Crippen molar-refractivity contribution in [3.63, 3.8) is 0 Å². The highest BCUT2D eigenvalue weighted by molar-refractivity contribution is 5.75. The fourth-order valence-electron chi connectivity index (χ4n) is 8.13. The number of hydrogen-bond donors (Lipinski definition) is 2. The lowest BCUT2D eigenvalue weighted by molar-refractivity contribution is -0.160. The van der Waals surface area contributed by atoms with Gasteiger partial charge in [-0.1, -0.05) is 154 Å². The number of rotatable bonds is 13. The second-order valence-electron chi connectivity index (χ2n) is 13.6. The van der Waals surface area contributed by atoms with E-state index in [9.17, 15) is 14.7 Å². The van der Waals surface area contributed by atoms with Crippen LogP contribution in [-0.4, -0.2) is 22.2 Å². The third-order valence-corrected chi connectivity index (χ3v) is 10.5. The third-order valence-electron chi connectivity index (χ3n) is 10.5. The molecule has 0 heterocycles. The summed E-state index contributed by atoms with van der Waals surface area (Å²) in [6, 6.07) is 0. The van der Waals surface area contributed by atoms with Crippen LogP contribution < -0.4 is 0 Å². The summed E-state index contributed by atoms with van der Waals surface area (Å²) >= 11 is 0. The van der Waals surface area contributed by atoms with Crippen molar-refractivity contribution in [1.29, 1.82) is 0 Å². The number of carbonyl (C=O) groups is 2. The van der Waals surface area contributed by atoms with E-state index in [-0.39, 0.29) is 6.42 Å². The standard InChI is InChI=1S/C36H66O4/c37-34(38)30-24-18-12-7-13-19-25-31-36(35(39)40,32-26-20-14-8-3-1-4-9-15-21-27-32)33-28-22-16-10-5-2-6-11-17-23-29-33/h32-33H,1-31H2,(H,37,38)(H,39,40). The predicted octanol–water partition coefficient (Wildman–Crippen LogP) is 11.5. The van der Waals surface area contributed by atoms with E-state index < -0.39 is 17.4 Å². The van der Waals surface area contributed by atoms with Gasteiger partial charge in [0.05, 0.1) is 5.41 Å². The summed E-state index contributed by atoms with van der Waals surface area (Å²) in [5.74, 6) is -0.490. The summed E-state index contributed by atoms with van der Waals surface area (Å²) in [6.07, 6.45) is 36.4. The van der Waals surface area contributed by atoms with Crippen LogP contribution in [0.5, 0.6) is 0 Å². The molecule has 0 aromatic carbocycles. The molecule has 0 saturated heterocycles. The van der Waals surface area contributed by atoms with Crippen LogP contribution in [0.1, 0.15) is 199 Å². The van der Waals surface area contributed by atoms with Crippen molar-refractivity contribution in [2.75, 3.05) is 0 Å². The van der Waals surface area contributed by atoms with Gasteiger partial charge in [-0.3, -0.25) is 9.59 Å². The third kappa shape index (κ3) is 14.2. The van der Waals surface area contributed by atoms with E-state index in [0.717, 1.165) is 77.0 Å². The van der Waals surface area contributed by atoms with Gasteiger partial charge in [0.1, 0.15) is 0 Å². The molecule has 0 aromatic heterocycles. The predicted molar refractivity (Wildman–Crippen MR) is 168 cm³/mol. The van der Waals surface area contributed by atoms with Crippen LogP contribution in [0.25, 0.3) is 0 Å². The maximum absolute atomic E-state index is 13.6. The molecule has 0 amide bonds. The monoisotopic (exact) mass is 562 g/mol. The lowest BCUT2D eigenvalue weighted by Gasteiger charge is -2.44. The molecule has 0 atom stereocenters. The van der Waals surface area contributed by atoms with E-state index in [1.165, 1.54) is 116 Å². The quantitative estimate of drug-likeness (QED) is 0.219. The van der Waals surface area contributed by atoms with E-state index in [0.29, 0.717) is 11.8 Å². The molecule has 2 rings (SSSR count). The van der Waals surface area contributed by atoms with Gasteiger partial charge in [0.2, 0.25) is 0 Å². The molecule has 0 aliphatic heterocycles. The number of unbranched alkanes of at least 4 members (excludes halogenated alkanes) is 6. The van der Waals surface area contributed by atoms with Crippen LogP contribution in [0.3, 0.4) is 0 Å². The molecule has 2 aliphatic carbocycles.